The molecule has 1 saturated heterocycles. The minimum atomic E-state index is -0.503. The Balaban J connectivity index is 1.17. The molecule has 5 rings (SSSR count). The van der Waals surface area contributed by atoms with Gasteiger partial charge in [-0.05, 0) is 87.4 Å². The molecule has 5 heteroatoms. The lowest BCUT2D eigenvalue weighted by Gasteiger charge is -2.38. The van der Waals surface area contributed by atoms with Crippen molar-refractivity contribution in [2.45, 2.75) is 51.7 Å². The van der Waals surface area contributed by atoms with E-state index in [1.54, 1.807) is 0 Å². The average molecular weight is 449 g/mol. The lowest BCUT2D eigenvalue weighted by atomic mass is 9.90. The van der Waals surface area contributed by atoms with E-state index in [-0.39, 0.29) is 0 Å². The van der Waals surface area contributed by atoms with Gasteiger partial charge < -0.3 is 14.8 Å². The maximum Gasteiger partial charge on any atom is 0.128 e. The predicted octanol–water partition coefficient (Wildman–Crippen LogP) is 6.01. The molecule has 0 spiro atoms. The highest BCUT2D eigenvalue weighted by atomic mass is 32.1. The fourth-order valence-corrected chi connectivity index (χ4v) is 6.32. The smallest absolute Gasteiger partial charge is 0.128 e. The first kappa shape index (κ1) is 21.5. The number of nitrogens with one attached hydrogen (secondary N) is 1. The Morgan fingerprint density at radius 2 is 2.06 bits per heavy atom. The van der Waals surface area contributed by atoms with Gasteiger partial charge in [0.1, 0.15) is 18.5 Å². The molecule has 2 aromatic heterocycles. The molecule has 3 atom stereocenters. The molecule has 1 aliphatic rings. The number of aryl methyl sites for hydroxylation is 2. The molecule has 1 aliphatic heterocycles. The van der Waals surface area contributed by atoms with Gasteiger partial charge in [-0.2, -0.15) is 0 Å². The second-order valence-corrected chi connectivity index (χ2v) is 10.5. The summed E-state index contributed by atoms with van der Waals surface area (Å²) in [6.45, 7) is 8.48. The first-order valence-corrected chi connectivity index (χ1v) is 12.4. The second-order valence-electron chi connectivity index (χ2n) is 9.39. The Hall–Kier alpha value is -2.34. The van der Waals surface area contributed by atoms with Crippen molar-refractivity contribution in [1.82, 2.24) is 9.88 Å². The summed E-state index contributed by atoms with van der Waals surface area (Å²) in [5.74, 6) is 1.44. The van der Waals surface area contributed by atoms with Gasteiger partial charge in [0.2, 0.25) is 0 Å². The summed E-state index contributed by atoms with van der Waals surface area (Å²) in [5, 5.41) is 13.1. The van der Waals surface area contributed by atoms with Crippen LogP contribution in [0.25, 0.3) is 21.0 Å². The molecule has 4 nitrogen and oxygen atoms in total. The standard InChI is InChI=1S/C27H32N2O2S/c1-17-7-8-20-14-27(32-26(20)11-17)21-9-10-29(19(3)13-21)15-22(30)16-31-25-6-4-5-24-23(25)12-18(2)28-24/h4-8,11-12,14,19,21-22,28,30H,9-10,13,15-16H2,1-3H3/t19-,21+,22-/m0/s1. The number of thiophene rings is 1. The van der Waals surface area contributed by atoms with Crippen molar-refractivity contribution in [1.29, 1.82) is 0 Å². The van der Waals surface area contributed by atoms with Crippen LogP contribution in [0.5, 0.6) is 5.75 Å². The van der Waals surface area contributed by atoms with Gasteiger partial charge in [0.25, 0.3) is 0 Å². The van der Waals surface area contributed by atoms with Crippen LogP contribution in [0.15, 0.2) is 48.5 Å². The largest absolute Gasteiger partial charge is 0.490 e. The maximum atomic E-state index is 10.7. The Bertz CT molecular complexity index is 1230. The maximum absolute atomic E-state index is 10.7. The summed E-state index contributed by atoms with van der Waals surface area (Å²) < 4.78 is 7.41. The van der Waals surface area contributed by atoms with Crippen molar-refractivity contribution in [3.05, 3.63) is 64.7 Å². The molecule has 0 unspecified atom stereocenters. The van der Waals surface area contributed by atoms with Crippen molar-refractivity contribution in [2.75, 3.05) is 19.7 Å². The number of rotatable bonds is 6. The molecule has 4 aromatic rings. The first-order valence-electron chi connectivity index (χ1n) is 11.6. The van der Waals surface area contributed by atoms with Gasteiger partial charge in [0.15, 0.2) is 0 Å². The van der Waals surface area contributed by atoms with Crippen molar-refractivity contribution >= 4 is 32.3 Å². The van der Waals surface area contributed by atoms with E-state index in [4.69, 9.17) is 4.74 Å². The van der Waals surface area contributed by atoms with Gasteiger partial charge >= 0.3 is 0 Å². The zero-order chi connectivity index (χ0) is 22.2. The van der Waals surface area contributed by atoms with Gasteiger partial charge in [-0.1, -0.05) is 18.2 Å². The third kappa shape index (κ3) is 4.42. The normalized spacial score (nSPS) is 20.8. The number of fused-ring (bicyclic) bond motifs is 2. The minimum absolute atomic E-state index is 0.311. The molecule has 2 aromatic carbocycles. The number of H-pyrrole nitrogens is 1. The van der Waals surface area contributed by atoms with Crippen LogP contribution in [0, 0.1) is 13.8 Å². The summed E-state index contributed by atoms with van der Waals surface area (Å²) in [4.78, 5) is 7.27. The topological polar surface area (TPSA) is 48.5 Å². The molecule has 0 bridgehead atoms. The molecule has 0 amide bonds. The van der Waals surface area contributed by atoms with Crippen LogP contribution in [-0.4, -0.2) is 46.8 Å². The van der Waals surface area contributed by atoms with Crippen molar-refractivity contribution < 1.29 is 9.84 Å². The predicted molar refractivity (Wildman–Crippen MR) is 134 cm³/mol. The van der Waals surface area contributed by atoms with E-state index in [1.807, 2.05) is 30.4 Å². The lowest BCUT2D eigenvalue weighted by Crippen LogP contribution is -2.45. The summed E-state index contributed by atoms with van der Waals surface area (Å²) in [5.41, 5.74) is 3.51. The SMILES string of the molecule is Cc1ccc2cc([C@@H]3CCN(C[C@H](O)COc4cccc5[nH]c(C)cc45)[C@@H](C)C3)sc2c1. The Kier molecular flexibility index (Phi) is 5.97. The molecular weight excluding hydrogens is 416 g/mol. The van der Waals surface area contributed by atoms with E-state index < -0.39 is 6.10 Å². The number of β-amino-alcohol motifs (C(OH)–C–C–N with tert-alkyl or cyclic N) is 1. The van der Waals surface area contributed by atoms with Gasteiger partial charge in [0.05, 0.1) is 0 Å². The summed E-state index contributed by atoms with van der Waals surface area (Å²) in [6, 6.07) is 17.7. The number of benzene rings is 2. The number of aromatic nitrogens is 1. The molecule has 0 saturated carbocycles. The van der Waals surface area contributed by atoms with E-state index in [9.17, 15) is 5.11 Å². The van der Waals surface area contributed by atoms with Gasteiger partial charge in [-0.25, -0.2) is 0 Å². The molecule has 32 heavy (non-hydrogen) atoms. The minimum Gasteiger partial charge on any atom is -0.490 e. The summed E-state index contributed by atoms with van der Waals surface area (Å²) >= 11 is 1.95. The molecule has 1 fully saturated rings. The fourth-order valence-electron chi connectivity index (χ4n) is 5.01. The molecular formula is C27H32N2O2S. The highest BCUT2D eigenvalue weighted by Gasteiger charge is 2.28. The zero-order valence-corrected chi connectivity index (χ0v) is 19.9. The molecule has 2 N–H and O–H groups in total. The summed E-state index contributed by atoms with van der Waals surface area (Å²) in [7, 11) is 0. The van der Waals surface area contributed by atoms with Crippen LogP contribution in [0.3, 0.4) is 0 Å². The number of hydrogen-bond donors (Lipinski definition) is 2. The van der Waals surface area contributed by atoms with Crippen LogP contribution in [0.4, 0.5) is 0 Å². The molecule has 0 aliphatic carbocycles. The first-order chi connectivity index (χ1) is 15.5. The van der Waals surface area contributed by atoms with E-state index >= 15 is 0 Å². The summed E-state index contributed by atoms with van der Waals surface area (Å²) in [6.07, 6.45) is 1.78. The Morgan fingerprint density at radius 3 is 2.91 bits per heavy atom. The number of hydrogen-bond acceptors (Lipinski definition) is 4. The second kappa shape index (κ2) is 8.89. The van der Waals surface area contributed by atoms with E-state index in [2.05, 4.69) is 60.1 Å². The zero-order valence-electron chi connectivity index (χ0n) is 19.1. The Morgan fingerprint density at radius 1 is 1.19 bits per heavy atom. The number of nitrogens with zero attached hydrogens (tertiary/aromatic N) is 1. The number of aliphatic hydroxyl groups excluding tert-OH is 1. The van der Waals surface area contributed by atoms with Crippen molar-refractivity contribution in [3.8, 4) is 5.75 Å². The van der Waals surface area contributed by atoms with E-state index in [0.717, 1.165) is 41.7 Å². The van der Waals surface area contributed by atoms with Crippen LogP contribution >= 0.6 is 11.3 Å². The number of aliphatic hydroxyl groups is 1. The van der Waals surface area contributed by atoms with Crippen molar-refractivity contribution in [3.63, 3.8) is 0 Å². The van der Waals surface area contributed by atoms with Crippen LogP contribution < -0.4 is 4.74 Å². The number of likely N-dealkylation sites (tertiary alicyclic amines) is 1. The molecule has 0 radical (unpaired) electrons. The molecule has 3 heterocycles. The van der Waals surface area contributed by atoms with E-state index in [0.29, 0.717) is 25.1 Å². The third-order valence-electron chi connectivity index (χ3n) is 6.75. The number of ether oxygens (including phenoxy) is 1. The highest BCUT2D eigenvalue weighted by Crippen LogP contribution is 2.38. The molecule has 168 valence electrons. The van der Waals surface area contributed by atoms with Crippen LogP contribution in [-0.2, 0) is 0 Å². The fraction of sp³-hybridized carbons (Fsp3) is 0.407. The van der Waals surface area contributed by atoms with Gasteiger partial charge in [-0.3, -0.25) is 4.90 Å². The average Bonchev–Trinajstić information content (AvgIpc) is 3.36. The van der Waals surface area contributed by atoms with Gasteiger partial charge in [-0.15, -0.1) is 11.3 Å². The third-order valence-corrected chi connectivity index (χ3v) is 8.01. The highest BCUT2D eigenvalue weighted by molar-refractivity contribution is 7.19. The monoisotopic (exact) mass is 448 g/mol. The van der Waals surface area contributed by atoms with Crippen LogP contribution in [0.1, 0.15) is 41.8 Å². The lowest BCUT2D eigenvalue weighted by molar-refractivity contribution is 0.0408. The Labute approximate surface area is 193 Å². The van der Waals surface area contributed by atoms with Gasteiger partial charge in [0, 0.05) is 38.8 Å². The van der Waals surface area contributed by atoms with Crippen molar-refractivity contribution in [2.24, 2.45) is 0 Å². The van der Waals surface area contributed by atoms with Crippen LogP contribution in [0.2, 0.25) is 0 Å². The quantitative estimate of drug-likeness (QED) is 0.380. The number of aromatic amines is 1. The van der Waals surface area contributed by atoms with E-state index in [1.165, 1.54) is 20.5 Å². The number of piperidine rings is 1.